The fourth-order valence-electron chi connectivity index (χ4n) is 4.77. The highest BCUT2D eigenvalue weighted by molar-refractivity contribution is 5.96. The highest BCUT2D eigenvalue weighted by Crippen LogP contribution is 2.36. The normalized spacial score (nSPS) is 15.2. The molecule has 1 unspecified atom stereocenters. The van der Waals surface area contributed by atoms with Gasteiger partial charge in [-0.2, -0.15) is 13.2 Å². The second-order valence-electron chi connectivity index (χ2n) is 8.89. The van der Waals surface area contributed by atoms with Crippen molar-refractivity contribution in [3.05, 3.63) is 82.6 Å². The Morgan fingerprint density at radius 1 is 1.22 bits per heavy atom. The van der Waals surface area contributed by atoms with E-state index >= 15 is 0 Å². The molecule has 1 aliphatic heterocycles. The van der Waals surface area contributed by atoms with Crippen LogP contribution in [0.2, 0.25) is 0 Å². The maximum absolute atomic E-state index is 13.5. The van der Waals surface area contributed by atoms with Crippen LogP contribution in [0.1, 0.15) is 52.0 Å². The number of hydrogen-bond donors (Lipinski definition) is 2. The van der Waals surface area contributed by atoms with E-state index in [1.54, 1.807) is 17.4 Å². The molecule has 0 aliphatic carbocycles. The Hall–Kier alpha value is -3.85. The molecule has 0 saturated heterocycles. The van der Waals surface area contributed by atoms with Crippen molar-refractivity contribution >= 4 is 33.9 Å². The summed E-state index contributed by atoms with van der Waals surface area (Å²) in [5, 5.41) is 13.5. The van der Waals surface area contributed by atoms with Gasteiger partial charge in [-0.1, -0.05) is 24.3 Å². The molecule has 0 amide bonds. The van der Waals surface area contributed by atoms with Gasteiger partial charge in [0.2, 0.25) is 0 Å². The summed E-state index contributed by atoms with van der Waals surface area (Å²) < 4.78 is 47.6. The summed E-state index contributed by atoms with van der Waals surface area (Å²) in [6.45, 7) is 4.40. The molecule has 3 heterocycles. The molecule has 2 N–H and O–H groups in total. The molecular formula is C27H24F3N3O3. The van der Waals surface area contributed by atoms with Crippen LogP contribution < -0.4 is 5.32 Å². The van der Waals surface area contributed by atoms with Crippen LogP contribution in [0.3, 0.4) is 0 Å². The van der Waals surface area contributed by atoms with Crippen LogP contribution in [-0.2, 0) is 10.9 Å². The fraction of sp³-hybridized carbons (Fsp3) is 0.259. The van der Waals surface area contributed by atoms with E-state index in [9.17, 15) is 23.1 Å². The van der Waals surface area contributed by atoms with Crippen molar-refractivity contribution in [2.24, 2.45) is 0 Å². The van der Waals surface area contributed by atoms with Crippen LogP contribution in [0.5, 0.6) is 0 Å². The number of nitrogens with one attached hydrogen (secondary N) is 1. The highest BCUT2D eigenvalue weighted by Gasteiger charge is 2.33. The summed E-state index contributed by atoms with van der Waals surface area (Å²) in [4.78, 5) is 16.3. The van der Waals surface area contributed by atoms with E-state index in [2.05, 4.69) is 10.3 Å². The molecule has 2 aromatic carbocycles. The fourth-order valence-corrected chi connectivity index (χ4v) is 4.77. The number of anilines is 1. The third-order valence-electron chi connectivity index (χ3n) is 6.62. The summed E-state index contributed by atoms with van der Waals surface area (Å²) >= 11 is 0. The molecule has 9 heteroatoms. The third kappa shape index (κ3) is 4.30. The minimum atomic E-state index is -4.45. The van der Waals surface area contributed by atoms with Crippen LogP contribution in [0, 0.1) is 6.92 Å². The molecule has 0 saturated carbocycles. The standard InChI is InChI=1S/C27H24F3N3O3/c1-15-20(4-3-5-22(15)27(28,29)30)16(2)31-25-21-12-18(17-8-10-36-11-9-17)6-7-23(21)33-14-19(26(34)35)13-24(33)32-25/h3-8,12-14,16H,9-11H2,1-2H3,(H,31,32)(H,34,35). The molecule has 0 spiro atoms. The lowest BCUT2D eigenvalue weighted by molar-refractivity contribution is -0.138. The van der Waals surface area contributed by atoms with Crippen molar-refractivity contribution < 1.29 is 27.8 Å². The number of alkyl halides is 3. The lowest BCUT2D eigenvalue weighted by atomic mass is 9.97. The van der Waals surface area contributed by atoms with E-state index in [0.717, 1.165) is 34.5 Å². The van der Waals surface area contributed by atoms with Crippen LogP contribution in [0.4, 0.5) is 19.0 Å². The molecule has 2 aromatic heterocycles. The van der Waals surface area contributed by atoms with Crippen molar-refractivity contribution in [1.82, 2.24) is 9.38 Å². The molecule has 4 aromatic rings. The van der Waals surface area contributed by atoms with Crippen LogP contribution >= 0.6 is 0 Å². The largest absolute Gasteiger partial charge is 0.478 e. The molecule has 0 fully saturated rings. The van der Waals surface area contributed by atoms with Gasteiger partial charge in [-0.25, -0.2) is 9.78 Å². The van der Waals surface area contributed by atoms with E-state index in [0.29, 0.717) is 30.2 Å². The number of halogens is 3. The van der Waals surface area contributed by atoms with Crippen molar-refractivity contribution in [2.45, 2.75) is 32.5 Å². The number of rotatable bonds is 5. The summed E-state index contributed by atoms with van der Waals surface area (Å²) in [6.07, 6.45) is -0.146. The number of carbonyl (C=O) groups is 1. The molecular weight excluding hydrogens is 471 g/mol. The Morgan fingerprint density at radius 2 is 2.03 bits per heavy atom. The minimum Gasteiger partial charge on any atom is -0.478 e. The molecule has 5 rings (SSSR count). The maximum atomic E-state index is 13.5. The Bertz CT molecular complexity index is 1520. The Morgan fingerprint density at radius 3 is 2.72 bits per heavy atom. The van der Waals surface area contributed by atoms with Crippen molar-refractivity contribution in [3.8, 4) is 0 Å². The zero-order chi connectivity index (χ0) is 25.6. The van der Waals surface area contributed by atoms with E-state index in [4.69, 9.17) is 4.74 Å². The van der Waals surface area contributed by atoms with Crippen LogP contribution in [0.25, 0.3) is 22.1 Å². The molecule has 1 atom stereocenters. The van der Waals surface area contributed by atoms with Crippen molar-refractivity contribution in [1.29, 1.82) is 0 Å². The number of nitrogens with zero attached hydrogens (tertiary/aromatic N) is 2. The van der Waals surface area contributed by atoms with Gasteiger partial charge in [-0.3, -0.25) is 0 Å². The maximum Gasteiger partial charge on any atom is 0.416 e. The van der Waals surface area contributed by atoms with Gasteiger partial charge in [0.15, 0.2) is 0 Å². The first-order valence-electron chi connectivity index (χ1n) is 11.5. The lowest BCUT2D eigenvalue weighted by Crippen LogP contribution is -2.14. The summed E-state index contributed by atoms with van der Waals surface area (Å²) in [5.41, 5.74) is 3.36. The highest BCUT2D eigenvalue weighted by atomic mass is 19.4. The van der Waals surface area contributed by atoms with Crippen molar-refractivity contribution in [3.63, 3.8) is 0 Å². The van der Waals surface area contributed by atoms with Gasteiger partial charge in [0, 0.05) is 11.6 Å². The van der Waals surface area contributed by atoms with E-state index < -0.39 is 23.8 Å². The third-order valence-corrected chi connectivity index (χ3v) is 6.62. The van der Waals surface area contributed by atoms with Gasteiger partial charge in [0.25, 0.3) is 0 Å². The predicted molar refractivity (Wildman–Crippen MR) is 131 cm³/mol. The average Bonchev–Trinajstić information content (AvgIpc) is 3.28. The molecule has 186 valence electrons. The van der Waals surface area contributed by atoms with E-state index in [1.165, 1.54) is 25.3 Å². The number of fused-ring (bicyclic) bond motifs is 3. The zero-order valence-electron chi connectivity index (χ0n) is 19.7. The monoisotopic (exact) mass is 495 g/mol. The summed E-state index contributed by atoms with van der Waals surface area (Å²) in [5.74, 6) is -0.605. The first-order chi connectivity index (χ1) is 17.1. The number of ether oxygens (including phenoxy) is 1. The second-order valence-corrected chi connectivity index (χ2v) is 8.89. The van der Waals surface area contributed by atoms with Gasteiger partial charge in [-0.05, 0) is 66.8 Å². The first kappa shape index (κ1) is 23.9. The predicted octanol–water partition coefficient (Wildman–Crippen LogP) is 6.49. The van der Waals surface area contributed by atoms with Crippen LogP contribution in [0.15, 0.2) is 54.7 Å². The smallest absolute Gasteiger partial charge is 0.416 e. The van der Waals surface area contributed by atoms with Gasteiger partial charge >= 0.3 is 12.1 Å². The molecule has 6 nitrogen and oxygen atoms in total. The van der Waals surface area contributed by atoms with Gasteiger partial charge in [-0.15, -0.1) is 0 Å². The number of carboxylic acids is 1. The van der Waals surface area contributed by atoms with Gasteiger partial charge < -0.3 is 19.6 Å². The Balaban J connectivity index is 1.65. The minimum absolute atomic E-state index is 0.0962. The molecule has 1 aliphatic rings. The summed E-state index contributed by atoms with van der Waals surface area (Å²) in [7, 11) is 0. The molecule has 36 heavy (non-hydrogen) atoms. The molecule has 0 bridgehead atoms. The van der Waals surface area contributed by atoms with Gasteiger partial charge in [0.05, 0.1) is 35.9 Å². The quantitative estimate of drug-likeness (QED) is 0.331. The number of carboxylic acid groups (broad SMARTS) is 1. The lowest BCUT2D eigenvalue weighted by Gasteiger charge is -2.22. The van der Waals surface area contributed by atoms with E-state index in [-0.39, 0.29) is 11.1 Å². The number of aromatic carboxylic acids is 1. The first-order valence-corrected chi connectivity index (χ1v) is 11.5. The summed E-state index contributed by atoms with van der Waals surface area (Å²) in [6, 6.07) is 11.0. The van der Waals surface area contributed by atoms with Crippen molar-refractivity contribution in [2.75, 3.05) is 18.5 Å². The Labute approximate surface area is 205 Å². The van der Waals surface area contributed by atoms with Crippen LogP contribution in [-0.4, -0.2) is 33.7 Å². The van der Waals surface area contributed by atoms with Gasteiger partial charge in [0.1, 0.15) is 11.5 Å². The number of benzene rings is 2. The number of hydrogen-bond acceptors (Lipinski definition) is 4. The number of aromatic nitrogens is 2. The molecule has 0 radical (unpaired) electrons. The second kappa shape index (κ2) is 8.98. The topological polar surface area (TPSA) is 75.9 Å². The average molecular weight is 496 g/mol. The SMILES string of the molecule is Cc1c(C(C)Nc2nc3cc(C(=O)O)cn3c3ccc(C4=CCOCC4)cc23)cccc1C(F)(F)F. The van der Waals surface area contributed by atoms with E-state index in [1.807, 2.05) is 24.3 Å². The zero-order valence-corrected chi connectivity index (χ0v) is 19.7. The Kier molecular flexibility index (Phi) is 5.96.